The van der Waals surface area contributed by atoms with Gasteiger partial charge >= 0.3 is 17.9 Å². The molecule has 2 unspecified atom stereocenters. The minimum Gasteiger partial charge on any atom is -0.508 e. The Labute approximate surface area is 587 Å². The smallest absolute Gasteiger partial charge is 0.339 e. The topological polar surface area (TPSA) is 118 Å². The number of phenolic OH excluding ortho intramolecular Hbond substituents is 1. The Hall–Kier alpha value is -10.9. The van der Waals surface area contributed by atoms with Gasteiger partial charge in [-0.25, -0.2) is 14.4 Å². The lowest BCUT2D eigenvalue weighted by atomic mass is 9.91. The highest BCUT2D eigenvalue weighted by Crippen LogP contribution is 2.53. The number of esters is 3. The fraction of sp³-hybridized carbons (Fsp3) is 0.148. The molecule has 1 aliphatic carbocycles. The van der Waals surface area contributed by atoms with Crippen LogP contribution in [0.4, 0.5) is 0 Å². The van der Waals surface area contributed by atoms with Crippen LogP contribution >= 0.6 is 31.4 Å². The third-order valence-corrected chi connectivity index (χ3v) is 26.5. The summed E-state index contributed by atoms with van der Waals surface area (Å²) in [5, 5.41) is 17.4. The Bertz CT molecular complexity index is 5600. The van der Waals surface area contributed by atoms with Gasteiger partial charge in [0.25, 0.3) is 0 Å². The standard InChI is InChI=1S/C88H70O9S3/c1-86(2,62-41-43-66(44-42-62)93-55-60-19-15-33-79-81(60)73-27-7-11-31-77(73)100(79)70-49-39-59(40-50-70)85(92)97-88(51-13-14-52-88)64-22-17-23-65(89)53-64)95-83(90)57-37-47-69(48-38-57)99-78-32-12-8-28-74(78)82-61(20-16-34-80(82)99)56-94-67-24-18-21-63(54-67)87(3,4)96-84(91)58-35-45-68(46-36-58)98-75-29-9-5-25-71(75)72-26-6-10-30-76(72)98/h5-12,15-50,53-54H,13-14,51-52,55-56H2,1-4H3/q+2/p+1. The van der Waals surface area contributed by atoms with Crippen molar-refractivity contribution >= 4 is 110 Å². The molecule has 3 heterocycles. The molecule has 3 aromatic heterocycles. The second-order valence-corrected chi connectivity index (χ2v) is 32.5. The average Bonchev–Trinajstić information content (AvgIpc) is 1.60. The first-order valence-electron chi connectivity index (χ1n) is 33.8. The summed E-state index contributed by atoms with van der Waals surface area (Å²) in [6.07, 6.45) is 3.34. The lowest BCUT2D eigenvalue weighted by Gasteiger charge is -2.29. The fourth-order valence-corrected chi connectivity index (χ4v) is 21.6. The number of hydrogen-bond acceptors (Lipinski definition) is 9. The van der Waals surface area contributed by atoms with Gasteiger partial charge in [0.15, 0.2) is 42.9 Å². The highest BCUT2D eigenvalue weighted by atomic mass is 32.2. The van der Waals surface area contributed by atoms with Crippen LogP contribution in [0.1, 0.15) is 112 Å². The zero-order valence-corrected chi connectivity index (χ0v) is 58.2. The van der Waals surface area contributed by atoms with Gasteiger partial charge in [-0.05, 0) is 240 Å². The van der Waals surface area contributed by atoms with Gasteiger partial charge in [0.1, 0.15) is 47.3 Å². The maximum absolute atomic E-state index is 14.1. The number of carbonyl (C=O) groups is 3. The third kappa shape index (κ3) is 11.9. The molecule has 492 valence electrons. The molecule has 0 radical (unpaired) electrons. The third-order valence-electron chi connectivity index (χ3n) is 19.5. The van der Waals surface area contributed by atoms with Gasteiger partial charge < -0.3 is 28.8 Å². The molecule has 16 rings (SSSR count). The van der Waals surface area contributed by atoms with E-state index in [0.29, 0.717) is 41.4 Å². The van der Waals surface area contributed by atoms with Gasteiger partial charge in [-0.3, -0.25) is 0 Å². The largest absolute Gasteiger partial charge is 0.508 e. The molecule has 1 aliphatic rings. The van der Waals surface area contributed by atoms with E-state index < -0.39 is 49.7 Å². The first kappa shape index (κ1) is 63.8. The Morgan fingerprint density at radius 3 is 1.27 bits per heavy atom. The summed E-state index contributed by atoms with van der Waals surface area (Å²) in [5.41, 5.74) is 3.35. The van der Waals surface area contributed by atoms with Gasteiger partial charge in [-0.2, -0.15) is 0 Å². The Morgan fingerprint density at radius 1 is 0.380 bits per heavy atom. The van der Waals surface area contributed by atoms with Crippen molar-refractivity contribution in [3.05, 3.63) is 324 Å². The van der Waals surface area contributed by atoms with Crippen molar-refractivity contribution in [1.82, 2.24) is 0 Å². The summed E-state index contributed by atoms with van der Waals surface area (Å²) in [6.45, 7) is 8.28. The van der Waals surface area contributed by atoms with Crippen molar-refractivity contribution in [2.24, 2.45) is 0 Å². The van der Waals surface area contributed by atoms with E-state index in [1.165, 1.54) is 39.0 Å². The van der Waals surface area contributed by atoms with Gasteiger partial charge in [0.2, 0.25) is 0 Å². The van der Waals surface area contributed by atoms with E-state index in [4.69, 9.17) is 23.7 Å². The Balaban J connectivity index is 0.568. The SMILES string of the molecule is CC(C)(OC(=O)c1ccc(-[s+]2c3ccccc3c3c(COc4cccc(C(C)(C)OC(=O)c5ccc(-[s+]6c7ccccc7c7ccccc76)cc5)c4)cccc32)cc1)c1ccc(OCc2cccc3c2c2ccccc2[s+]3-c2ccc(C(=O)OC3(c4cccc(O)c4)CCCC3)cc2)cc1. The number of carbonyl (C=O) groups excluding carboxylic acids is 3. The lowest BCUT2D eigenvalue weighted by Crippen LogP contribution is -2.29. The number of rotatable bonds is 18. The monoisotopic (exact) mass is 1370 g/mol. The van der Waals surface area contributed by atoms with Crippen molar-refractivity contribution in [1.29, 1.82) is 0 Å². The molecule has 15 aromatic rings. The molecule has 0 spiro atoms. The van der Waals surface area contributed by atoms with E-state index in [9.17, 15) is 19.5 Å². The number of benzene rings is 12. The highest BCUT2D eigenvalue weighted by molar-refractivity contribution is 7.51. The second-order valence-electron chi connectivity index (χ2n) is 26.6. The molecule has 0 aliphatic heterocycles. The van der Waals surface area contributed by atoms with Crippen LogP contribution < -0.4 is 9.47 Å². The molecule has 12 aromatic carbocycles. The average molecular weight is 1370 g/mol. The first-order chi connectivity index (χ1) is 48.7. The van der Waals surface area contributed by atoms with E-state index in [1.54, 1.807) is 18.2 Å². The summed E-state index contributed by atoms with van der Waals surface area (Å²) in [4.78, 5) is 45.0. The fourth-order valence-electron chi connectivity index (χ4n) is 14.4. The van der Waals surface area contributed by atoms with Crippen LogP contribution in [0.15, 0.2) is 279 Å². The highest BCUT2D eigenvalue weighted by Gasteiger charge is 2.41. The van der Waals surface area contributed by atoms with Gasteiger partial charge in [-0.1, -0.05) is 109 Å². The lowest BCUT2D eigenvalue weighted by molar-refractivity contribution is -0.0185. The first-order valence-corrected chi connectivity index (χ1v) is 37.4. The molecule has 0 bridgehead atoms. The number of phenols is 1. The molecule has 100 heavy (non-hydrogen) atoms. The van der Waals surface area contributed by atoms with Crippen molar-refractivity contribution in [3.63, 3.8) is 0 Å². The van der Waals surface area contributed by atoms with E-state index in [-0.39, 0.29) is 22.2 Å². The Kier molecular flexibility index (Phi) is 16.6. The van der Waals surface area contributed by atoms with E-state index in [0.717, 1.165) is 89.7 Å². The summed E-state index contributed by atoms with van der Waals surface area (Å²) >= 11 is 0. The maximum Gasteiger partial charge on any atom is 0.339 e. The predicted octanol–water partition coefficient (Wildman–Crippen LogP) is 23.5. The molecule has 12 heteroatoms. The van der Waals surface area contributed by atoms with Crippen LogP contribution in [-0.4, -0.2) is 23.0 Å². The minimum absolute atomic E-state index is 0.161. The molecule has 0 saturated heterocycles. The minimum atomic E-state index is -0.960. The number of fused-ring (bicyclic) bond motifs is 9. The van der Waals surface area contributed by atoms with Crippen molar-refractivity contribution in [2.75, 3.05) is 0 Å². The summed E-state index contributed by atoms with van der Waals surface area (Å²) in [5.74, 6) is 0.330. The summed E-state index contributed by atoms with van der Waals surface area (Å²) in [6, 6.07) is 93.2. The number of thiophene rings is 3. The second kappa shape index (κ2) is 26.1. The molecule has 9 nitrogen and oxygen atoms in total. The van der Waals surface area contributed by atoms with Crippen LogP contribution in [-0.2, 0) is 44.2 Å². The molecule has 1 saturated carbocycles. The molecule has 1 N–H and O–H groups in total. The number of aromatic hydroxyl groups is 1. The van der Waals surface area contributed by atoms with Crippen molar-refractivity contribution in [3.8, 4) is 31.9 Å². The summed E-state index contributed by atoms with van der Waals surface area (Å²) < 4.78 is 39.4. The molecule has 1 fully saturated rings. The van der Waals surface area contributed by atoms with Crippen LogP contribution in [0, 0.1) is 0 Å². The number of ether oxygens (including phenoxy) is 5. The van der Waals surface area contributed by atoms with Crippen LogP contribution in [0.2, 0.25) is 0 Å². The summed E-state index contributed by atoms with van der Waals surface area (Å²) in [7, 11) is -1.14. The van der Waals surface area contributed by atoms with Crippen LogP contribution in [0.3, 0.4) is 0 Å². The quantitative estimate of drug-likeness (QED) is 0.0509. The van der Waals surface area contributed by atoms with Gasteiger partial charge in [0.05, 0.1) is 27.5 Å². The molecule has 2 atom stereocenters. The van der Waals surface area contributed by atoms with Gasteiger partial charge in [-0.15, -0.1) is 0 Å². The Morgan fingerprint density at radius 2 is 0.780 bits per heavy atom. The van der Waals surface area contributed by atoms with Crippen molar-refractivity contribution in [2.45, 2.75) is 83.4 Å². The van der Waals surface area contributed by atoms with E-state index >= 15 is 0 Å². The normalized spacial score (nSPS) is 13.5. The van der Waals surface area contributed by atoms with E-state index in [1.807, 2.05) is 143 Å². The molecule has 0 amide bonds. The molecular weight excluding hydrogens is 1300 g/mol. The van der Waals surface area contributed by atoms with Gasteiger partial charge in [0, 0.05) is 64.1 Å². The maximum atomic E-state index is 14.1. The molecular formula is C88H71O9S3+3. The predicted molar refractivity (Wildman–Crippen MR) is 408 cm³/mol. The van der Waals surface area contributed by atoms with Crippen molar-refractivity contribution < 1.29 is 43.2 Å². The van der Waals surface area contributed by atoms with Crippen LogP contribution in [0.5, 0.6) is 17.2 Å². The number of hydrogen-bond donors (Lipinski definition) is 1. The zero-order chi connectivity index (χ0) is 68.3. The van der Waals surface area contributed by atoms with Crippen LogP contribution in [0.25, 0.3) is 75.2 Å². The van der Waals surface area contributed by atoms with E-state index in [2.05, 4.69) is 146 Å². The zero-order valence-electron chi connectivity index (χ0n) is 55.7.